The van der Waals surface area contributed by atoms with Gasteiger partial charge in [-0.15, -0.1) is 5.10 Å². The van der Waals surface area contributed by atoms with E-state index in [1.54, 1.807) is 23.4 Å². The molecule has 2 unspecified atom stereocenters. The van der Waals surface area contributed by atoms with Gasteiger partial charge in [0.1, 0.15) is 0 Å². The van der Waals surface area contributed by atoms with Gasteiger partial charge in [-0.2, -0.15) is 0 Å². The van der Waals surface area contributed by atoms with E-state index in [0.29, 0.717) is 18.7 Å². The van der Waals surface area contributed by atoms with Gasteiger partial charge in [0.15, 0.2) is 5.69 Å². The number of aryl methyl sites for hydroxylation is 1. The third kappa shape index (κ3) is 2.66. The molecular formula is C17H20N4O3. The van der Waals surface area contributed by atoms with Crippen LogP contribution in [0.3, 0.4) is 0 Å². The SMILES string of the molecule is Cc1ccc(-n2nnc(C(=O)N3CCC(C(=O)O)C3C)c2C)cc1. The predicted molar refractivity (Wildman–Crippen MR) is 87.1 cm³/mol. The van der Waals surface area contributed by atoms with Gasteiger partial charge in [0.2, 0.25) is 0 Å². The number of aliphatic carboxylic acids is 1. The van der Waals surface area contributed by atoms with Crippen molar-refractivity contribution in [1.82, 2.24) is 19.9 Å². The molecule has 1 saturated heterocycles. The molecule has 0 aliphatic carbocycles. The number of carbonyl (C=O) groups is 2. The fourth-order valence-corrected chi connectivity index (χ4v) is 3.15. The molecule has 1 fully saturated rings. The van der Waals surface area contributed by atoms with Crippen molar-refractivity contribution >= 4 is 11.9 Å². The van der Waals surface area contributed by atoms with E-state index < -0.39 is 11.9 Å². The van der Waals surface area contributed by atoms with Crippen molar-refractivity contribution in [3.63, 3.8) is 0 Å². The first-order valence-corrected chi connectivity index (χ1v) is 7.93. The van der Waals surface area contributed by atoms with Crippen LogP contribution in [0.5, 0.6) is 0 Å². The number of carboxylic acid groups (broad SMARTS) is 1. The van der Waals surface area contributed by atoms with Crippen LogP contribution in [0.1, 0.15) is 35.1 Å². The van der Waals surface area contributed by atoms with Crippen molar-refractivity contribution in [2.24, 2.45) is 5.92 Å². The Kier molecular flexibility index (Phi) is 4.09. The predicted octanol–water partition coefficient (Wildman–Crippen LogP) is 1.82. The Hall–Kier alpha value is -2.70. The fraction of sp³-hybridized carbons (Fsp3) is 0.412. The van der Waals surface area contributed by atoms with Crippen LogP contribution in [0, 0.1) is 19.8 Å². The number of hydrogen-bond donors (Lipinski definition) is 1. The average Bonchev–Trinajstić information content (AvgIpc) is 3.11. The molecule has 24 heavy (non-hydrogen) atoms. The average molecular weight is 328 g/mol. The molecular weight excluding hydrogens is 308 g/mol. The van der Waals surface area contributed by atoms with Crippen LogP contribution in [0.2, 0.25) is 0 Å². The highest BCUT2D eigenvalue weighted by Gasteiger charge is 2.39. The van der Waals surface area contributed by atoms with Gasteiger partial charge in [-0.1, -0.05) is 22.9 Å². The minimum absolute atomic E-state index is 0.262. The first kappa shape index (κ1) is 16.2. The molecule has 2 heterocycles. The molecule has 7 nitrogen and oxygen atoms in total. The van der Waals surface area contributed by atoms with Crippen molar-refractivity contribution in [3.8, 4) is 5.69 Å². The van der Waals surface area contributed by atoms with E-state index in [1.165, 1.54) is 0 Å². The highest BCUT2D eigenvalue weighted by atomic mass is 16.4. The van der Waals surface area contributed by atoms with E-state index >= 15 is 0 Å². The standard InChI is InChI=1S/C17H20N4O3/c1-10-4-6-13(7-5-10)21-12(3)15(18-19-21)16(22)20-9-8-14(11(20)2)17(23)24/h4-7,11,14H,8-9H2,1-3H3,(H,23,24). The van der Waals surface area contributed by atoms with Crippen molar-refractivity contribution in [3.05, 3.63) is 41.2 Å². The number of hydrogen-bond acceptors (Lipinski definition) is 4. The van der Waals surface area contributed by atoms with Crippen LogP contribution in [-0.4, -0.2) is 49.5 Å². The molecule has 2 atom stereocenters. The molecule has 0 spiro atoms. The summed E-state index contributed by atoms with van der Waals surface area (Å²) in [6.45, 7) is 5.99. The zero-order chi connectivity index (χ0) is 17.4. The molecule has 2 aromatic rings. The smallest absolute Gasteiger partial charge is 0.308 e. The molecule has 3 rings (SSSR count). The molecule has 1 aliphatic rings. The number of aromatic nitrogens is 3. The third-order valence-corrected chi connectivity index (χ3v) is 4.71. The topological polar surface area (TPSA) is 88.3 Å². The zero-order valence-corrected chi connectivity index (χ0v) is 13.9. The van der Waals surface area contributed by atoms with Crippen LogP contribution >= 0.6 is 0 Å². The molecule has 1 aromatic heterocycles. The molecule has 0 bridgehead atoms. The largest absolute Gasteiger partial charge is 0.481 e. The lowest BCUT2D eigenvalue weighted by molar-refractivity contribution is -0.142. The van der Waals surface area contributed by atoms with Crippen LogP contribution in [0.4, 0.5) is 0 Å². The van der Waals surface area contributed by atoms with E-state index in [0.717, 1.165) is 11.3 Å². The number of amides is 1. The van der Waals surface area contributed by atoms with Gasteiger partial charge in [-0.25, -0.2) is 4.68 Å². The monoisotopic (exact) mass is 328 g/mol. The highest BCUT2D eigenvalue weighted by Crippen LogP contribution is 2.26. The Morgan fingerprint density at radius 1 is 1.21 bits per heavy atom. The summed E-state index contributed by atoms with van der Waals surface area (Å²) in [6.07, 6.45) is 0.466. The number of benzene rings is 1. The number of rotatable bonds is 3. The fourth-order valence-electron chi connectivity index (χ4n) is 3.15. The number of nitrogens with zero attached hydrogens (tertiary/aromatic N) is 4. The molecule has 1 aliphatic heterocycles. The zero-order valence-electron chi connectivity index (χ0n) is 13.9. The molecule has 7 heteroatoms. The van der Waals surface area contributed by atoms with Gasteiger partial charge in [0.05, 0.1) is 17.3 Å². The maximum atomic E-state index is 12.8. The molecule has 1 aromatic carbocycles. The molecule has 126 valence electrons. The Balaban J connectivity index is 1.87. The Labute approximate surface area is 139 Å². The Morgan fingerprint density at radius 3 is 2.46 bits per heavy atom. The van der Waals surface area contributed by atoms with Crippen molar-refractivity contribution in [1.29, 1.82) is 0 Å². The summed E-state index contributed by atoms with van der Waals surface area (Å²) in [5, 5.41) is 17.3. The van der Waals surface area contributed by atoms with Gasteiger partial charge in [-0.3, -0.25) is 9.59 Å². The van der Waals surface area contributed by atoms with E-state index in [4.69, 9.17) is 0 Å². The number of carbonyl (C=O) groups excluding carboxylic acids is 1. The van der Waals surface area contributed by atoms with E-state index in [-0.39, 0.29) is 17.6 Å². The second-order valence-corrected chi connectivity index (χ2v) is 6.24. The Bertz CT molecular complexity index is 782. The summed E-state index contributed by atoms with van der Waals surface area (Å²) in [6, 6.07) is 7.43. The molecule has 1 amide bonds. The maximum absolute atomic E-state index is 12.8. The van der Waals surface area contributed by atoms with Crippen LogP contribution in [0.25, 0.3) is 5.69 Å². The van der Waals surface area contributed by atoms with E-state index in [9.17, 15) is 14.7 Å². The van der Waals surface area contributed by atoms with Gasteiger partial charge in [0, 0.05) is 12.6 Å². The van der Waals surface area contributed by atoms with Crippen LogP contribution < -0.4 is 0 Å². The minimum atomic E-state index is -0.863. The normalized spacial score (nSPS) is 20.4. The highest BCUT2D eigenvalue weighted by molar-refractivity contribution is 5.94. The molecule has 0 radical (unpaired) electrons. The quantitative estimate of drug-likeness (QED) is 0.928. The maximum Gasteiger partial charge on any atom is 0.308 e. The van der Waals surface area contributed by atoms with Crippen molar-refractivity contribution in [2.45, 2.75) is 33.2 Å². The van der Waals surface area contributed by atoms with Gasteiger partial charge in [-0.05, 0) is 39.3 Å². The summed E-state index contributed by atoms with van der Waals surface area (Å²) in [5.41, 5.74) is 2.89. The van der Waals surface area contributed by atoms with Gasteiger partial charge < -0.3 is 10.0 Å². The summed E-state index contributed by atoms with van der Waals surface area (Å²) >= 11 is 0. The number of carboxylic acids is 1. The van der Waals surface area contributed by atoms with Crippen molar-refractivity contribution in [2.75, 3.05) is 6.54 Å². The summed E-state index contributed by atoms with van der Waals surface area (Å²) < 4.78 is 1.63. The molecule has 0 saturated carbocycles. The summed E-state index contributed by atoms with van der Waals surface area (Å²) in [5.74, 6) is -1.65. The second-order valence-electron chi connectivity index (χ2n) is 6.24. The first-order chi connectivity index (χ1) is 11.4. The summed E-state index contributed by atoms with van der Waals surface area (Å²) in [7, 11) is 0. The lowest BCUT2D eigenvalue weighted by Gasteiger charge is -2.22. The first-order valence-electron chi connectivity index (χ1n) is 7.93. The van der Waals surface area contributed by atoms with Crippen LogP contribution in [-0.2, 0) is 4.79 Å². The lowest BCUT2D eigenvalue weighted by atomic mass is 10.0. The third-order valence-electron chi connectivity index (χ3n) is 4.71. The Morgan fingerprint density at radius 2 is 1.88 bits per heavy atom. The van der Waals surface area contributed by atoms with E-state index in [2.05, 4.69) is 10.3 Å². The van der Waals surface area contributed by atoms with Crippen molar-refractivity contribution < 1.29 is 14.7 Å². The second kappa shape index (κ2) is 6.07. The van der Waals surface area contributed by atoms with Crippen LogP contribution in [0.15, 0.2) is 24.3 Å². The summed E-state index contributed by atoms with van der Waals surface area (Å²) in [4.78, 5) is 25.6. The lowest BCUT2D eigenvalue weighted by Crippen LogP contribution is -2.38. The molecule has 1 N–H and O–H groups in total. The number of likely N-dealkylation sites (tertiary alicyclic amines) is 1. The minimum Gasteiger partial charge on any atom is -0.481 e. The van der Waals surface area contributed by atoms with E-state index in [1.807, 2.05) is 31.2 Å². The van der Waals surface area contributed by atoms with Gasteiger partial charge >= 0.3 is 5.97 Å². The van der Waals surface area contributed by atoms with Gasteiger partial charge in [0.25, 0.3) is 5.91 Å².